The molecule has 0 aliphatic rings. The van der Waals surface area contributed by atoms with Gasteiger partial charge in [-0.1, -0.05) is 18.2 Å². The van der Waals surface area contributed by atoms with Crippen LogP contribution in [-0.2, 0) is 9.53 Å². The lowest BCUT2D eigenvalue weighted by molar-refractivity contribution is -0.158. The number of hydrogen-bond donors (Lipinski definition) is 1. The molecule has 0 rings (SSSR count). The molecule has 0 fully saturated rings. The van der Waals surface area contributed by atoms with Gasteiger partial charge in [0, 0.05) is 6.08 Å². The van der Waals surface area contributed by atoms with Crippen molar-refractivity contribution in [3.63, 3.8) is 0 Å². The third kappa shape index (κ3) is 6.80. The van der Waals surface area contributed by atoms with Crippen molar-refractivity contribution in [3.05, 3.63) is 24.3 Å². The first-order valence-corrected chi connectivity index (χ1v) is 3.35. The number of ether oxygens (including phenoxy) is 1. The van der Waals surface area contributed by atoms with E-state index in [1.807, 2.05) is 6.92 Å². The Balaban J connectivity index is 3.69. The van der Waals surface area contributed by atoms with Crippen molar-refractivity contribution in [2.24, 2.45) is 0 Å². The highest BCUT2D eigenvalue weighted by atomic mass is 16.6. The van der Waals surface area contributed by atoms with E-state index in [1.54, 1.807) is 18.2 Å². The van der Waals surface area contributed by atoms with Gasteiger partial charge in [-0.25, -0.2) is 4.79 Å². The molecule has 11 heavy (non-hydrogen) atoms. The Morgan fingerprint density at radius 1 is 1.55 bits per heavy atom. The van der Waals surface area contributed by atoms with Gasteiger partial charge in [0.2, 0.25) is 0 Å². The largest absolute Gasteiger partial charge is 0.433 e. The molecule has 0 bridgehead atoms. The van der Waals surface area contributed by atoms with Crippen LogP contribution in [0.15, 0.2) is 24.3 Å². The molecule has 3 heteroatoms. The highest BCUT2D eigenvalue weighted by molar-refractivity contribution is 5.82. The van der Waals surface area contributed by atoms with Gasteiger partial charge in [0.05, 0.1) is 0 Å². The maximum absolute atomic E-state index is 10.6. The van der Waals surface area contributed by atoms with E-state index in [1.165, 1.54) is 13.0 Å². The molecule has 1 atom stereocenters. The molecule has 62 valence electrons. The van der Waals surface area contributed by atoms with E-state index in [4.69, 9.17) is 5.11 Å². The summed E-state index contributed by atoms with van der Waals surface area (Å²) in [5, 5.41) is 8.58. The molecule has 0 aromatic heterocycles. The van der Waals surface area contributed by atoms with E-state index >= 15 is 0 Å². The van der Waals surface area contributed by atoms with Crippen LogP contribution < -0.4 is 0 Å². The normalized spacial score (nSPS) is 14.1. The van der Waals surface area contributed by atoms with Crippen LogP contribution in [0, 0.1) is 0 Å². The van der Waals surface area contributed by atoms with Gasteiger partial charge in [-0.3, -0.25) is 0 Å². The summed E-state index contributed by atoms with van der Waals surface area (Å²) < 4.78 is 4.39. The van der Waals surface area contributed by atoms with Gasteiger partial charge in [-0.05, 0) is 13.8 Å². The van der Waals surface area contributed by atoms with Crippen molar-refractivity contribution >= 4 is 5.97 Å². The Kier molecular flexibility index (Phi) is 5.11. The minimum absolute atomic E-state index is 0.543. The van der Waals surface area contributed by atoms with Crippen LogP contribution in [-0.4, -0.2) is 17.4 Å². The highest BCUT2D eigenvalue weighted by Crippen LogP contribution is 1.87. The summed E-state index contributed by atoms with van der Waals surface area (Å²) in [5.41, 5.74) is 0. The zero-order chi connectivity index (χ0) is 8.69. The van der Waals surface area contributed by atoms with Crippen molar-refractivity contribution in [2.75, 3.05) is 0 Å². The molecule has 0 saturated carbocycles. The van der Waals surface area contributed by atoms with Crippen molar-refractivity contribution in [1.29, 1.82) is 0 Å². The van der Waals surface area contributed by atoms with Crippen LogP contribution in [0.25, 0.3) is 0 Å². The molecule has 0 heterocycles. The van der Waals surface area contributed by atoms with Crippen LogP contribution in [0.1, 0.15) is 13.8 Å². The lowest BCUT2D eigenvalue weighted by Crippen LogP contribution is -2.11. The van der Waals surface area contributed by atoms with Crippen LogP contribution in [0.3, 0.4) is 0 Å². The second-order valence-corrected chi connectivity index (χ2v) is 1.92. The second-order valence-electron chi connectivity index (χ2n) is 1.92. The average molecular weight is 156 g/mol. The Morgan fingerprint density at radius 3 is 2.64 bits per heavy atom. The van der Waals surface area contributed by atoms with E-state index in [-0.39, 0.29) is 0 Å². The summed E-state index contributed by atoms with van der Waals surface area (Å²) in [6.45, 7) is 3.21. The van der Waals surface area contributed by atoms with Gasteiger partial charge >= 0.3 is 5.97 Å². The molecule has 1 N–H and O–H groups in total. The number of carbonyl (C=O) groups is 1. The Hall–Kier alpha value is -1.09. The van der Waals surface area contributed by atoms with E-state index in [0.717, 1.165) is 0 Å². The van der Waals surface area contributed by atoms with Crippen molar-refractivity contribution in [3.8, 4) is 0 Å². The standard InChI is InChI=1S/C8H12O3/c1-3-4-5-6-8(10)11-7(2)9/h3-7,9H,1-2H3. The van der Waals surface area contributed by atoms with Gasteiger partial charge in [-0.2, -0.15) is 0 Å². The van der Waals surface area contributed by atoms with E-state index < -0.39 is 12.3 Å². The van der Waals surface area contributed by atoms with Crippen LogP contribution in [0.5, 0.6) is 0 Å². The number of allylic oxidation sites excluding steroid dienone is 3. The van der Waals surface area contributed by atoms with Crippen molar-refractivity contribution in [1.82, 2.24) is 0 Å². The zero-order valence-corrected chi connectivity index (χ0v) is 6.65. The molecular weight excluding hydrogens is 144 g/mol. The molecular formula is C8H12O3. The third-order valence-electron chi connectivity index (χ3n) is 0.823. The van der Waals surface area contributed by atoms with E-state index in [2.05, 4.69) is 4.74 Å². The smallest absolute Gasteiger partial charge is 0.333 e. The topological polar surface area (TPSA) is 46.5 Å². The third-order valence-corrected chi connectivity index (χ3v) is 0.823. The van der Waals surface area contributed by atoms with Gasteiger partial charge in [0.15, 0.2) is 6.29 Å². The summed E-state index contributed by atoms with van der Waals surface area (Å²) in [4.78, 5) is 10.6. The fourth-order valence-corrected chi connectivity index (χ4v) is 0.453. The Morgan fingerprint density at radius 2 is 2.18 bits per heavy atom. The van der Waals surface area contributed by atoms with Gasteiger partial charge in [0.25, 0.3) is 0 Å². The lowest BCUT2D eigenvalue weighted by atomic mass is 10.4. The lowest BCUT2D eigenvalue weighted by Gasteiger charge is -2.01. The first kappa shape index (κ1) is 9.91. The molecule has 0 aromatic rings. The van der Waals surface area contributed by atoms with Gasteiger partial charge in [-0.15, -0.1) is 0 Å². The van der Waals surface area contributed by atoms with E-state index in [9.17, 15) is 4.79 Å². The average Bonchev–Trinajstić information content (AvgIpc) is 1.86. The predicted octanol–water partition coefficient (Wildman–Crippen LogP) is 1.00. The molecule has 1 unspecified atom stereocenters. The van der Waals surface area contributed by atoms with Crippen LogP contribution in [0.4, 0.5) is 0 Å². The minimum Gasteiger partial charge on any atom is -0.433 e. The molecule has 0 saturated heterocycles. The van der Waals surface area contributed by atoms with Crippen molar-refractivity contribution < 1.29 is 14.6 Å². The maximum Gasteiger partial charge on any atom is 0.333 e. The fraction of sp³-hybridized carbons (Fsp3) is 0.375. The number of hydrogen-bond acceptors (Lipinski definition) is 3. The summed E-state index contributed by atoms with van der Waals surface area (Å²) in [6.07, 6.45) is 5.23. The number of aliphatic hydroxyl groups excluding tert-OH is 1. The molecule has 0 radical (unpaired) electrons. The van der Waals surface area contributed by atoms with Crippen LogP contribution in [0.2, 0.25) is 0 Å². The molecule has 0 spiro atoms. The van der Waals surface area contributed by atoms with Gasteiger partial charge < -0.3 is 9.84 Å². The van der Waals surface area contributed by atoms with Gasteiger partial charge in [0.1, 0.15) is 0 Å². The number of esters is 1. The first-order valence-electron chi connectivity index (χ1n) is 3.35. The SMILES string of the molecule is CC=CC=CC(=O)OC(C)O. The van der Waals surface area contributed by atoms with E-state index in [0.29, 0.717) is 0 Å². The monoisotopic (exact) mass is 156 g/mol. The fourth-order valence-electron chi connectivity index (χ4n) is 0.453. The summed E-state index contributed by atoms with van der Waals surface area (Å²) >= 11 is 0. The highest BCUT2D eigenvalue weighted by Gasteiger charge is 1.99. The number of rotatable bonds is 3. The van der Waals surface area contributed by atoms with Crippen molar-refractivity contribution in [2.45, 2.75) is 20.1 Å². The Labute approximate surface area is 66.0 Å². The van der Waals surface area contributed by atoms with Crippen LogP contribution >= 0.6 is 0 Å². The molecule has 0 aliphatic heterocycles. The molecule has 0 aromatic carbocycles. The second kappa shape index (κ2) is 5.68. The summed E-state index contributed by atoms with van der Waals surface area (Å²) in [6, 6.07) is 0. The summed E-state index contributed by atoms with van der Waals surface area (Å²) in [7, 11) is 0. The quantitative estimate of drug-likeness (QED) is 0.287. The zero-order valence-electron chi connectivity index (χ0n) is 6.65. The number of carbonyl (C=O) groups excluding carboxylic acids is 1. The number of aliphatic hydroxyl groups is 1. The first-order chi connectivity index (χ1) is 5.16. The molecule has 0 aliphatic carbocycles. The summed E-state index contributed by atoms with van der Waals surface area (Å²) in [5.74, 6) is -0.543. The maximum atomic E-state index is 10.6. The predicted molar refractivity (Wildman–Crippen MR) is 41.7 cm³/mol. The Bertz CT molecular complexity index is 168. The molecule has 3 nitrogen and oxygen atoms in total. The molecule has 0 amide bonds. The minimum atomic E-state index is -1.04.